The molecule has 2 heterocycles. The summed E-state index contributed by atoms with van der Waals surface area (Å²) in [5, 5.41) is 9.35. The number of aromatic nitrogens is 1. The van der Waals surface area contributed by atoms with Gasteiger partial charge in [-0.3, -0.25) is 4.79 Å². The molecule has 1 aromatic rings. The van der Waals surface area contributed by atoms with Gasteiger partial charge in [0, 0.05) is 23.4 Å². The van der Waals surface area contributed by atoms with Crippen LogP contribution in [-0.4, -0.2) is 29.5 Å². The number of piperidine rings is 1. The van der Waals surface area contributed by atoms with Gasteiger partial charge < -0.3 is 10.6 Å². The number of carbonyl (C=O) groups excluding carboxylic acids is 1. The fraction of sp³-hybridized carbons (Fsp3) is 0.692. The predicted molar refractivity (Wildman–Crippen MR) is 88.7 cm³/mol. The van der Waals surface area contributed by atoms with Crippen LogP contribution in [0.2, 0.25) is 0 Å². The summed E-state index contributed by atoms with van der Waals surface area (Å²) in [7, 11) is 0. The third-order valence-electron chi connectivity index (χ3n) is 3.21. The Morgan fingerprint density at radius 1 is 1.50 bits per heavy atom. The quantitative estimate of drug-likeness (QED) is 0.889. The van der Waals surface area contributed by atoms with Crippen molar-refractivity contribution in [2.75, 3.05) is 6.54 Å². The molecule has 0 aliphatic carbocycles. The van der Waals surface area contributed by atoms with Crippen molar-refractivity contribution in [3.8, 4) is 0 Å². The van der Waals surface area contributed by atoms with Crippen molar-refractivity contribution in [1.82, 2.24) is 15.6 Å². The number of hydrogen-bond donors (Lipinski definition) is 2. The molecule has 4 nitrogen and oxygen atoms in total. The summed E-state index contributed by atoms with van der Waals surface area (Å²) in [5.74, 6) is 0.354. The molecule has 1 aromatic heterocycles. The second-order valence-corrected chi connectivity index (χ2v) is 6.17. The summed E-state index contributed by atoms with van der Waals surface area (Å²) in [5.41, 5.74) is 0.565. The van der Waals surface area contributed by atoms with Gasteiger partial charge in [-0.15, -0.1) is 36.2 Å². The normalized spacial score (nSPS) is 21.8. The van der Waals surface area contributed by atoms with E-state index in [1.807, 2.05) is 5.38 Å². The summed E-state index contributed by atoms with van der Waals surface area (Å²) in [6.07, 6.45) is 1.99. The molecule has 1 amide bonds. The van der Waals surface area contributed by atoms with Crippen molar-refractivity contribution in [1.29, 1.82) is 0 Å². The molecule has 0 saturated carbocycles. The molecule has 0 spiro atoms. The standard InChI is InChI=1S/C13H21N3OS.2ClH/c1-8(2)13-16-11(7-18-13)12(17)15-10-4-5-14-9(3)6-10;;/h7-10,14H,4-6H2,1-3H3,(H,15,17);2*1H. The van der Waals surface area contributed by atoms with Crippen LogP contribution in [0, 0.1) is 0 Å². The van der Waals surface area contributed by atoms with Crippen molar-refractivity contribution in [3.05, 3.63) is 16.1 Å². The Kier molecular flexibility index (Phi) is 8.66. The average molecular weight is 340 g/mol. The summed E-state index contributed by atoms with van der Waals surface area (Å²) >= 11 is 1.56. The van der Waals surface area contributed by atoms with Gasteiger partial charge in [-0.2, -0.15) is 0 Å². The number of carbonyl (C=O) groups is 1. The molecule has 1 aliphatic rings. The van der Waals surface area contributed by atoms with Crippen LogP contribution >= 0.6 is 36.2 Å². The van der Waals surface area contributed by atoms with Gasteiger partial charge >= 0.3 is 0 Å². The third-order valence-corrected chi connectivity index (χ3v) is 4.35. The topological polar surface area (TPSA) is 54.0 Å². The molecule has 1 fully saturated rings. The maximum absolute atomic E-state index is 12.1. The molecule has 1 aliphatic heterocycles. The highest BCUT2D eigenvalue weighted by Crippen LogP contribution is 2.19. The SMILES string of the molecule is CC1CC(NC(=O)c2csc(C(C)C)n2)CCN1.Cl.Cl. The lowest BCUT2D eigenvalue weighted by Gasteiger charge is -2.28. The third kappa shape index (κ3) is 5.20. The van der Waals surface area contributed by atoms with Crippen LogP contribution in [0.3, 0.4) is 0 Å². The van der Waals surface area contributed by atoms with E-state index in [4.69, 9.17) is 0 Å². The van der Waals surface area contributed by atoms with Crippen molar-refractivity contribution >= 4 is 42.1 Å². The van der Waals surface area contributed by atoms with Crippen molar-refractivity contribution < 1.29 is 4.79 Å². The predicted octanol–water partition coefficient (Wildman–Crippen LogP) is 2.98. The second kappa shape index (κ2) is 8.82. The number of thiazole rings is 1. The minimum atomic E-state index is -0.0303. The summed E-state index contributed by atoms with van der Waals surface area (Å²) in [6.45, 7) is 7.31. The molecule has 2 atom stereocenters. The van der Waals surface area contributed by atoms with Crippen LogP contribution in [0.15, 0.2) is 5.38 Å². The molecular weight excluding hydrogens is 317 g/mol. The number of nitrogens with zero attached hydrogens (tertiary/aromatic N) is 1. The number of hydrogen-bond acceptors (Lipinski definition) is 4. The lowest BCUT2D eigenvalue weighted by Crippen LogP contribution is -2.46. The van der Waals surface area contributed by atoms with Crippen LogP contribution in [0.4, 0.5) is 0 Å². The van der Waals surface area contributed by atoms with Gasteiger partial charge in [0.1, 0.15) is 5.69 Å². The molecule has 0 bridgehead atoms. The van der Waals surface area contributed by atoms with Gasteiger partial charge in [0.25, 0.3) is 5.91 Å². The minimum absolute atomic E-state index is 0. The van der Waals surface area contributed by atoms with E-state index in [1.54, 1.807) is 11.3 Å². The Morgan fingerprint density at radius 3 is 2.75 bits per heavy atom. The summed E-state index contributed by atoms with van der Waals surface area (Å²) in [6, 6.07) is 0.753. The fourth-order valence-corrected chi connectivity index (χ4v) is 2.99. The van der Waals surface area contributed by atoms with Crippen molar-refractivity contribution in [2.24, 2.45) is 0 Å². The first-order chi connectivity index (χ1) is 8.56. The van der Waals surface area contributed by atoms with E-state index in [2.05, 4.69) is 36.4 Å². The van der Waals surface area contributed by atoms with Crippen LogP contribution in [0.5, 0.6) is 0 Å². The van der Waals surface area contributed by atoms with Gasteiger partial charge in [0.2, 0.25) is 0 Å². The molecule has 20 heavy (non-hydrogen) atoms. The first-order valence-electron chi connectivity index (χ1n) is 6.56. The van der Waals surface area contributed by atoms with Crippen LogP contribution < -0.4 is 10.6 Å². The Bertz CT molecular complexity index is 426. The van der Waals surface area contributed by atoms with Gasteiger partial charge in [-0.1, -0.05) is 13.8 Å². The van der Waals surface area contributed by atoms with E-state index in [-0.39, 0.29) is 36.8 Å². The first-order valence-corrected chi connectivity index (χ1v) is 7.44. The average Bonchev–Trinajstić information content (AvgIpc) is 2.78. The molecule has 0 radical (unpaired) electrons. The van der Waals surface area contributed by atoms with E-state index in [0.717, 1.165) is 24.4 Å². The van der Waals surface area contributed by atoms with Crippen LogP contribution in [0.25, 0.3) is 0 Å². The molecule has 116 valence electrons. The number of halogens is 2. The number of nitrogens with one attached hydrogen (secondary N) is 2. The first kappa shape index (κ1) is 19.6. The molecule has 0 aromatic carbocycles. The maximum Gasteiger partial charge on any atom is 0.270 e. The molecule has 7 heteroatoms. The number of rotatable bonds is 3. The van der Waals surface area contributed by atoms with E-state index >= 15 is 0 Å². The summed E-state index contributed by atoms with van der Waals surface area (Å²) < 4.78 is 0. The zero-order valence-corrected chi connectivity index (χ0v) is 14.5. The van der Waals surface area contributed by atoms with E-state index < -0.39 is 0 Å². The Morgan fingerprint density at radius 2 is 2.20 bits per heavy atom. The monoisotopic (exact) mass is 339 g/mol. The van der Waals surface area contributed by atoms with Gasteiger partial charge in [0.15, 0.2) is 0 Å². The minimum Gasteiger partial charge on any atom is -0.348 e. The van der Waals surface area contributed by atoms with Gasteiger partial charge in [0.05, 0.1) is 5.01 Å². The Hall–Kier alpha value is -0.360. The van der Waals surface area contributed by atoms with E-state index in [9.17, 15) is 4.79 Å². The zero-order chi connectivity index (χ0) is 13.1. The lowest BCUT2D eigenvalue weighted by molar-refractivity contribution is 0.0921. The molecular formula is C13H23Cl2N3OS. The highest BCUT2D eigenvalue weighted by Gasteiger charge is 2.21. The fourth-order valence-electron chi connectivity index (χ4n) is 2.18. The number of amides is 1. The lowest BCUT2D eigenvalue weighted by atomic mass is 10.0. The Balaban J connectivity index is 0.00000180. The largest absolute Gasteiger partial charge is 0.348 e. The van der Waals surface area contributed by atoms with E-state index in [1.165, 1.54) is 0 Å². The second-order valence-electron chi connectivity index (χ2n) is 5.28. The van der Waals surface area contributed by atoms with Crippen molar-refractivity contribution in [3.63, 3.8) is 0 Å². The molecule has 2 N–H and O–H groups in total. The van der Waals surface area contributed by atoms with Crippen LogP contribution in [-0.2, 0) is 0 Å². The smallest absolute Gasteiger partial charge is 0.270 e. The summed E-state index contributed by atoms with van der Waals surface area (Å²) in [4.78, 5) is 16.5. The van der Waals surface area contributed by atoms with Gasteiger partial charge in [-0.05, 0) is 26.3 Å². The molecule has 2 rings (SSSR count). The maximum atomic E-state index is 12.1. The van der Waals surface area contributed by atoms with Crippen LogP contribution in [0.1, 0.15) is 55.0 Å². The van der Waals surface area contributed by atoms with Gasteiger partial charge in [-0.25, -0.2) is 4.98 Å². The molecule has 1 saturated heterocycles. The zero-order valence-electron chi connectivity index (χ0n) is 12.0. The highest BCUT2D eigenvalue weighted by atomic mass is 35.5. The highest BCUT2D eigenvalue weighted by molar-refractivity contribution is 7.09. The van der Waals surface area contributed by atoms with E-state index in [0.29, 0.717) is 17.7 Å². The Labute approximate surface area is 137 Å². The molecule has 2 unspecified atom stereocenters. The van der Waals surface area contributed by atoms with Crippen molar-refractivity contribution in [2.45, 2.75) is 51.6 Å².